The molecule has 0 aliphatic heterocycles. The number of hydrogen-bond donors (Lipinski definition) is 2. The molecular weight excluding hydrogens is 294 g/mol. The van der Waals surface area contributed by atoms with Crippen molar-refractivity contribution >= 4 is 21.7 Å². The average Bonchev–Trinajstić information content (AvgIpc) is 2.34. The fourth-order valence-corrected chi connectivity index (χ4v) is 3.15. The van der Waals surface area contributed by atoms with E-state index in [1.807, 2.05) is 0 Å². The van der Waals surface area contributed by atoms with E-state index in [1.165, 1.54) is 12.1 Å². The second-order valence-corrected chi connectivity index (χ2v) is 7.32. The van der Waals surface area contributed by atoms with E-state index in [2.05, 4.69) is 5.32 Å². The second kappa shape index (κ2) is 5.48. The minimum Gasteiger partial charge on any atom is -0.480 e. The van der Waals surface area contributed by atoms with Gasteiger partial charge in [0.1, 0.15) is 6.54 Å². The fourth-order valence-electron chi connectivity index (χ4n) is 2.52. The molecule has 2 N–H and O–H groups in total. The molecule has 0 spiro atoms. The van der Waals surface area contributed by atoms with Gasteiger partial charge < -0.3 is 10.4 Å². The first-order chi connectivity index (χ1) is 9.75. The van der Waals surface area contributed by atoms with Crippen LogP contribution in [0.2, 0.25) is 0 Å². The molecule has 1 aromatic carbocycles. The molecule has 0 bridgehead atoms. The van der Waals surface area contributed by atoms with Crippen LogP contribution in [0.25, 0.3) is 0 Å². The number of hydrogen-bond acceptors (Lipinski definition) is 4. The third-order valence-corrected chi connectivity index (χ3v) is 5.01. The first kappa shape index (κ1) is 15.5. The van der Waals surface area contributed by atoms with Gasteiger partial charge in [-0.05, 0) is 30.5 Å². The Balaban J connectivity index is 2.25. The van der Waals surface area contributed by atoms with Crippen molar-refractivity contribution in [2.75, 3.05) is 12.8 Å². The van der Waals surface area contributed by atoms with E-state index in [9.17, 15) is 18.0 Å². The maximum atomic E-state index is 12.2. The van der Waals surface area contributed by atoms with Crippen LogP contribution in [0.3, 0.4) is 0 Å². The van der Waals surface area contributed by atoms with E-state index in [4.69, 9.17) is 5.11 Å². The smallest absolute Gasteiger partial charge is 0.322 e. The molecule has 0 atom stereocenters. The van der Waals surface area contributed by atoms with E-state index < -0.39 is 27.8 Å². The van der Waals surface area contributed by atoms with Crippen molar-refractivity contribution in [2.45, 2.75) is 29.6 Å². The van der Waals surface area contributed by atoms with Crippen molar-refractivity contribution in [1.82, 2.24) is 5.32 Å². The Morgan fingerprint density at radius 3 is 2.19 bits per heavy atom. The van der Waals surface area contributed by atoms with Gasteiger partial charge in [-0.3, -0.25) is 9.59 Å². The zero-order valence-electron chi connectivity index (χ0n) is 11.6. The highest BCUT2D eigenvalue weighted by Gasteiger charge is 2.45. The van der Waals surface area contributed by atoms with E-state index in [1.54, 1.807) is 12.1 Å². The van der Waals surface area contributed by atoms with E-state index in [-0.39, 0.29) is 10.8 Å². The predicted octanol–water partition coefficient (Wildman–Crippen LogP) is 0.713. The molecule has 0 aromatic heterocycles. The van der Waals surface area contributed by atoms with Gasteiger partial charge in [0.15, 0.2) is 9.84 Å². The normalized spacial score (nSPS) is 16.8. The van der Waals surface area contributed by atoms with Crippen LogP contribution >= 0.6 is 0 Å². The monoisotopic (exact) mass is 311 g/mol. The van der Waals surface area contributed by atoms with E-state index in [0.717, 1.165) is 18.2 Å². The van der Waals surface area contributed by atoms with Crippen molar-refractivity contribution in [3.05, 3.63) is 29.8 Å². The molecule has 0 unspecified atom stereocenters. The minimum atomic E-state index is -3.27. The van der Waals surface area contributed by atoms with Gasteiger partial charge in [-0.25, -0.2) is 8.42 Å². The summed E-state index contributed by atoms with van der Waals surface area (Å²) in [4.78, 5) is 23.0. The molecule has 1 aliphatic carbocycles. The molecule has 1 saturated carbocycles. The third kappa shape index (κ3) is 3.07. The number of sulfone groups is 1. The van der Waals surface area contributed by atoms with Crippen LogP contribution in [0.1, 0.15) is 24.8 Å². The number of rotatable bonds is 5. The molecule has 1 amide bonds. The van der Waals surface area contributed by atoms with Crippen molar-refractivity contribution in [2.24, 2.45) is 0 Å². The molecule has 1 fully saturated rings. The van der Waals surface area contributed by atoms with Gasteiger partial charge in [0.2, 0.25) is 5.91 Å². The Morgan fingerprint density at radius 2 is 1.81 bits per heavy atom. The molecule has 21 heavy (non-hydrogen) atoms. The topological polar surface area (TPSA) is 101 Å². The zero-order valence-corrected chi connectivity index (χ0v) is 12.4. The van der Waals surface area contributed by atoms with Crippen LogP contribution in [-0.2, 0) is 24.8 Å². The summed E-state index contributed by atoms with van der Waals surface area (Å²) in [5.74, 6) is -1.41. The molecule has 0 saturated heterocycles. The Labute approximate surface area is 123 Å². The Kier molecular flexibility index (Phi) is 4.04. The molecule has 0 radical (unpaired) electrons. The van der Waals surface area contributed by atoms with Gasteiger partial charge in [0, 0.05) is 6.26 Å². The molecule has 7 heteroatoms. The molecule has 6 nitrogen and oxygen atoms in total. The second-order valence-electron chi connectivity index (χ2n) is 5.31. The number of carbonyl (C=O) groups is 2. The van der Waals surface area contributed by atoms with E-state index >= 15 is 0 Å². The maximum absolute atomic E-state index is 12.2. The van der Waals surface area contributed by atoms with Gasteiger partial charge in [-0.1, -0.05) is 18.6 Å². The number of aliphatic carboxylic acids is 1. The minimum absolute atomic E-state index is 0.201. The molecule has 0 heterocycles. The summed E-state index contributed by atoms with van der Waals surface area (Å²) in [5, 5.41) is 11.0. The lowest BCUT2D eigenvalue weighted by Gasteiger charge is -2.40. The highest BCUT2D eigenvalue weighted by molar-refractivity contribution is 7.90. The lowest BCUT2D eigenvalue weighted by molar-refractivity contribution is -0.139. The first-order valence-electron chi connectivity index (χ1n) is 6.56. The number of amides is 1. The SMILES string of the molecule is CS(=O)(=O)c1ccc(C2(C(=O)NCC(=O)O)CCC2)cc1. The molecular formula is C14H17NO5S. The van der Waals surface area contributed by atoms with Crippen LogP contribution in [0.15, 0.2) is 29.2 Å². The Hall–Kier alpha value is -1.89. The summed E-state index contributed by atoms with van der Waals surface area (Å²) >= 11 is 0. The number of carboxylic acids is 1. The molecule has 1 aliphatic rings. The quantitative estimate of drug-likeness (QED) is 0.834. The lowest BCUT2D eigenvalue weighted by Crippen LogP contribution is -2.50. The summed E-state index contributed by atoms with van der Waals surface area (Å²) in [5.41, 5.74) is -0.00471. The third-order valence-electron chi connectivity index (χ3n) is 3.88. The number of nitrogens with one attached hydrogen (secondary N) is 1. The van der Waals surface area contributed by atoms with Gasteiger partial charge in [0.05, 0.1) is 10.3 Å². The van der Waals surface area contributed by atoms with Gasteiger partial charge in [-0.15, -0.1) is 0 Å². The predicted molar refractivity (Wildman–Crippen MR) is 75.7 cm³/mol. The number of carboxylic acid groups (broad SMARTS) is 1. The highest BCUT2D eigenvalue weighted by atomic mass is 32.2. The first-order valence-corrected chi connectivity index (χ1v) is 8.45. The number of benzene rings is 1. The zero-order chi connectivity index (χ0) is 15.7. The Morgan fingerprint density at radius 1 is 1.24 bits per heavy atom. The van der Waals surface area contributed by atoms with Gasteiger partial charge in [0.25, 0.3) is 0 Å². The molecule has 1 aromatic rings. The lowest BCUT2D eigenvalue weighted by atomic mass is 9.64. The summed E-state index contributed by atoms with van der Waals surface area (Å²) in [6.45, 7) is -0.415. The van der Waals surface area contributed by atoms with Crippen molar-refractivity contribution in [3.8, 4) is 0 Å². The van der Waals surface area contributed by atoms with Crippen molar-refractivity contribution in [1.29, 1.82) is 0 Å². The average molecular weight is 311 g/mol. The van der Waals surface area contributed by atoms with Crippen LogP contribution < -0.4 is 5.32 Å². The van der Waals surface area contributed by atoms with Crippen LogP contribution in [0.4, 0.5) is 0 Å². The summed E-state index contributed by atoms with van der Waals surface area (Å²) < 4.78 is 22.9. The van der Waals surface area contributed by atoms with Crippen LogP contribution in [0, 0.1) is 0 Å². The fraction of sp³-hybridized carbons (Fsp3) is 0.429. The van der Waals surface area contributed by atoms with Crippen LogP contribution in [0.5, 0.6) is 0 Å². The van der Waals surface area contributed by atoms with E-state index in [0.29, 0.717) is 12.8 Å². The Bertz CT molecular complexity index is 659. The number of carbonyl (C=O) groups excluding carboxylic acids is 1. The molecule has 2 rings (SSSR count). The van der Waals surface area contributed by atoms with Crippen molar-refractivity contribution in [3.63, 3.8) is 0 Å². The summed E-state index contributed by atoms with van der Waals surface area (Å²) in [6.07, 6.45) is 3.28. The van der Waals surface area contributed by atoms with Gasteiger partial charge in [-0.2, -0.15) is 0 Å². The standard InChI is InChI=1S/C14H17NO5S/c1-21(19,20)11-5-3-10(4-6-11)14(7-2-8-14)13(18)15-9-12(16)17/h3-6H,2,7-9H2,1H3,(H,15,18)(H,16,17). The van der Waals surface area contributed by atoms with Crippen LogP contribution in [-0.4, -0.2) is 38.2 Å². The maximum Gasteiger partial charge on any atom is 0.322 e. The molecule has 114 valence electrons. The van der Waals surface area contributed by atoms with Crippen molar-refractivity contribution < 1.29 is 23.1 Å². The van der Waals surface area contributed by atoms with Gasteiger partial charge >= 0.3 is 5.97 Å². The highest BCUT2D eigenvalue weighted by Crippen LogP contribution is 2.44. The summed E-state index contributed by atoms with van der Waals surface area (Å²) in [7, 11) is -3.27. The largest absolute Gasteiger partial charge is 0.480 e. The summed E-state index contributed by atoms with van der Waals surface area (Å²) in [6, 6.07) is 6.23.